The molecule has 0 aliphatic heterocycles. The van der Waals surface area contributed by atoms with Crippen molar-refractivity contribution in [1.29, 1.82) is 0 Å². The third kappa shape index (κ3) is 2.85. The Kier molecular flexibility index (Phi) is 4.83. The van der Waals surface area contributed by atoms with Gasteiger partial charge in [0, 0.05) is 0 Å². The summed E-state index contributed by atoms with van der Waals surface area (Å²) in [6.45, 7) is 3.57. The van der Waals surface area contributed by atoms with Crippen molar-refractivity contribution >= 4 is 5.97 Å². The zero-order valence-electron chi connectivity index (χ0n) is 11.3. The fraction of sp³-hybridized carbons (Fsp3) is 0.462. The van der Waals surface area contributed by atoms with E-state index < -0.39 is 5.97 Å². The number of rotatable bonds is 5. The number of hydrogen-bond acceptors (Lipinski definition) is 5. The Labute approximate surface area is 107 Å². The van der Waals surface area contributed by atoms with Gasteiger partial charge in [0.05, 0.1) is 27.4 Å². The summed E-state index contributed by atoms with van der Waals surface area (Å²) in [5.41, 5.74) is 0.309. The van der Waals surface area contributed by atoms with E-state index in [-0.39, 0.29) is 6.10 Å². The van der Waals surface area contributed by atoms with Crippen LogP contribution >= 0.6 is 0 Å². The fourth-order valence-electron chi connectivity index (χ4n) is 1.54. The van der Waals surface area contributed by atoms with Crippen LogP contribution < -0.4 is 14.2 Å². The zero-order chi connectivity index (χ0) is 13.7. The first-order valence-corrected chi connectivity index (χ1v) is 5.55. The molecule has 0 unspecified atom stereocenters. The van der Waals surface area contributed by atoms with Crippen LogP contribution in [0.1, 0.15) is 24.2 Å². The van der Waals surface area contributed by atoms with Crippen LogP contribution in [0.25, 0.3) is 0 Å². The van der Waals surface area contributed by atoms with Crippen LogP contribution in [0.2, 0.25) is 0 Å². The summed E-state index contributed by atoms with van der Waals surface area (Å²) in [4.78, 5) is 11.9. The van der Waals surface area contributed by atoms with Gasteiger partial charge in [-0.15, -0.1) is 0 Å². The summed E-state index contributed by atoms with van der Waals surface area (Å²) >= 11 is 0. The van der Waals surface area contributed by atoms with Gasteiger partial charge < -0.3 is 18.9 Å². The van der Waals surface area contributed by atoms with Crippen LogP contribution in [-0.2, 0) is 4.74 Å². The molecule has 1 rings (SSSR count). The number of methoxy groups -OCH3 is 3. The second kappa shape index (κ2) is 6.14. The molecule has 0 radical (unpaired) electrons. The lowest BCUT2D eigenvalue weighted by molar-refractivity contribution is 0.0373. The van der Waals surface area contributed by atoms with Crippen molar-refractivity contribution in [3.63, 3.8) is 0 Å². The van der Waals surface area contributed by atoms with Crippen molar-refractivity contribution in [3.05, 3.63) is 17.7 Å². The molecule has 0 saturated carbocycles. The molecule has 0 amide bonds. The second-order valence-corrected chi connectivity index (χ2v) is 3.84. The molecule has 0 aromatic heterocycles. The molecule has 1 aromatic carbocycles. The second-order valence-electron chi connectivity index (χ2n) is 3.84. The molecule has 0 saturated heterocycles. The lowest BCUT2D eigenvalue weighted by atomic mass is 10.1. The van der Waals surface area contributed by atoms with Gasteiger partial charge in [-0.3, -0.25) is 0 Å². The van der Waals surface area contributed by atoms with Crippen LogP contribution in [-0.4, -0.2) is 33.4 Å². The molecular formula is C13H18O5. The number of carbonyl (C=O) groups is 1. The third-order valence-corrected chi connectivity index (χ3v) is 2.27. The molecule has 0 bridgehead atoms. The first-order valence-electron chi connectivity index (χ1n) is 5.55. The van der Waals surface area contributed by atoms with Gasteiger partial charge in [-0.2, -0.15) is 0 Å². The smallest absolute Gasteiger partial charge is 0.342 e. The molecular weight excluding hydrogens is 236 g/mol. The fourth-order valence-corrected chi connectivity index (χ4v) is 1.54. The number of benzene rings is 1. The summed E-state index contributed by atoms with van der Waals surface area (Å²) in [6, 6.07) is 3.23. The number of ether oxygens (including phenoxy) is 4. The molecule has 0 fully saturated rings. The Morgan fingerprint density at radius 3 is 2.06 bits per heavy atom. The minimum Gasteiger partial charge on any atom is -0.493 e. The van der Waals surface area contributed by atoms with Gasteiger partial charge in [0.2, 0.25) is 5.75 Å². The number of esters is 1. The van der Waals surface area contributed by atoms with E-state index in [1.807, 2.05) is 0 Å². The topological polar surface area (TPSA) is 54.0 Å². The van der Waals surface area contributed by atoms with Crippen LogP contribution in [0.15, 0.2) is 12.1 Å². The Balaban J connectivity index is 3.24. The predicted molar refractivity (Wildman–Crippen MR) is 66.6 cm³/mol. The highest BCUT2D eigenvalue weighted by Crippen LogP contribution is 2.39. The van der Waals surface area contributed by atoms with Crippen molar-refractivity contribution in [2.45, 2.75) is 20.0 Å². The van der Waals surface area contributed by atoms with Gasteiger partial charge in [0.1, 0.15) is 5.56 Å². The number of hydrogen-bond donors (Lipinski definition) is 0. The van der Waals surface area contributed by atoms with E-state index in [2.05, 4.69) is 0 Å². The van der Waals surface area contributed by atoms with Gasteiger partial charge in [-0.05, 0) is 26.0 Å². The summed E-state index contributed by atoms with van der Waals surface area (Å²) in [5.74, 6) is 0.721. The minimum atomic E-state index is -0.456. The quantitative estimate of drug-likeness (QED) is 0.754. The molecule has 0 heterocycles. The Morgan fingerprint density at radius 2 is 1.61 bits per heavy atom. The normalized spacial score (nSPS) is 10.1. The standard InChI is InChI=1S/C13H18O5/c1-8(2)18-13(14)9-6-7-10(15-3)12(17-5)11(9)16-4/h6-8H,1-5H3. The maximum absolute atomic E-state index is 11.9. The van der Waals surface area contributed by atoms with E-state index in [9.17, 15) is 4.79 Å². The van der Waals surface area contributed by atoms with E-state index in [1.54, 1.807) is 26.0 Å². The van der Waals surface area contributed by atoms with E-state index in [1.165, 1.54) is 21.3 Å². The lowest BCUT2D eigenvalue weighted by Crippen LogP contribution is -2.13. The summed E-state index contributed by atoms with van der Waals surface area (Å²) in [6.07, 6.45) is -0.199. The first kappa shape index (κ1) is 14.2. The molecule has 0 N–H and O–H groups in total. The third-order valence-electron chi connectivity index (χ3n) is 2.27. The molecule has 1 aromatic rings. The summed E-state index contributed by atoms with van der Waals surface area (Å²) < 4.78 is 20.7. The van der Waals surface area contributed by atoms with Gasteiger partial charge in [0.25, 0.3) is 0 Å². The van der Waals surface area contributed by atoms with Crippen molar-refractivity contribution in [2.24, 2.45) is 0 Å². The van der Waals surface area contributed by atoms with Crippen molar-refractivity contribution in [2.75, 3.05) is 21.3 Å². The van der Waals surface area contributed by atoms with Gasteiger partial charge >= 0.3 is 5.97 Å². The van der Waals surface area contributed by atoms with E-state index in [0.717, 1.165) is 0 Å². The van der Waals surface area contributed by atoms with Gasteiger partial charge in [-0.25, -0.2) is 4.79 Å². The van der Waals surface area contributed by atoms with Gasteiger partial charge in [-0.1, -0.05) is 0 Å². The monoisotopic (exact) mass is 254 g/mol. The lowest BCUT2D eigenvalue weighted by Gasteiger charge is -2.15. The summed E-state index contributed by atoms with van der Waals surface area (Å²) in [5, 5.41) is 0. The molecule has 18 heavy (non-hydrogen) atoms. The molecule has 100 valence electrons. The van der Waals surface area contributed by atoms with Crippen LogP contribution in [0, 0.1) is 0 Å². The highest BCUT2D eigenvalue weighted by molar-refractivity contribution is 5.94. The summed E-state index contributed by atoms with van der Waals surface area (Å²) in [7, 11) is 4.46. The molecule has 0 atom stereocenters. The Bertz CT molecular complexity index is 426. The van der Waals surface area contributed by atoms with Crippen LogP contribution in [0.4, 0.5) is 0 Å². The molecule has 5 heteroatoms. The Morgan fingerprint density at radius 1 is 1.00 bits per heavy atom. The van der Waals surface area contributed by atoms with Gasteiger partial charge in [0.15, 0.2) is 11.5 Å². The average molecular weight is 254 g/mol. The van der Waals surface area contributed by atoms with Crippen molar-refractivity contribution in [3.8, 4) is 17.2 Å². The SMILES string of the molecule is COc1ccc(C(=O)OC(C)C)c(OC)c1OC. The highest BCUT2D eigenvalue weighted by atomic mass is 16.5. The molecule has 0 aliphatic rings. The average Bonchev–Trinajstić information content (AvgIpc) is 2.35. The molecule has 5 nitrogen and oxygen atoms in total. The minimum absolute atomic E-state index is 0.199. The first-order chi connectivity index (χ1) is 8.54. The number of carbonyl (C=O) groups excluding carboxylic acids is 1. The van der Waals surface area contributed by atoms with Crippen LogP contribution in [0.3, 0.4) is 0 Å². The largest absolute Gasteiger partial charge is 0.493 e. The molecule has 0 aliphatic carbocycles. The van der Waals surface area contributed by atoms with Crippen molar-refractivity contribution in [1.82, 2.24) is 0 Å². The van der Waals surface area contributed by atoms with Crippen LogP contribution in [0.5, 0.6) is 17.2 Å². The predicted octanol–water partition coefficient (Wildman–Crippen LogP) is 2.28. The van der Waals surface area contributed by atoms with E-state index >= 15 is 0 Å². The van der Waals surface area contributed by atoms with E-state index in [4.69, 9.17) is 18.9 Å². The molecule has 0 spiro atoms. The zero-order valence-corrected chi connectivity index (χ0v) is 11.3. The van der Waals surface area contributed by atoms with E-state index in [0.29, 0.717) is 22.8 Å². The highest BCUT2D eigenvalue weighted by Gasteiger charge is 2.22. The van der Waals surface area contributed by atoms with Crippen molar-refractivity contribution < 1.29 is 23.7 Å². The maximum Gasteiger partial charge on any atom is 0.342 e. The Hall–Kier alpha value is -1.91. The maximum atomic E-state index is 11.9.